The van der Waals surface area contributed by atoms with Crippen LogP contribution < -0.4 is 4.90 Å². The lowest BCUT2D eigenvalue weighted by Gasteiger charge is -2.39. The van der Waals surface area contributed by atoms with E-state index in [2.05, 4.69) is 30.9 Å². The van der Waals surface area contributed by atoms with Gasteiger partial charge in [0.25, 0.3) is 0 Å². The Hall–Kier alpha value is -1.57. The molecule has 0 bridgehead atoms. The predicted molar refractivity (Wildman–Crippen MR) is 61.8 cm³/mol. The summed E-state index contributed by atoms with van der Waals surface area (Å²) >= 11 is 0. The fraction of sp³-hybridized carbons (Fsp3) is 0.308. The van der Waals surface area contributed by atoms with Crippen molar-refractivity contribution in [3.8, 4) is 0 Å². The van der Waals surface area contributed by atoms with Gasteiger partial charge >= 0.3 is 0 Å². The summed E-state index contributed by atoms with van der Waals surface area (Å²) in [7, 11) is 0. The van der Waals surface area contributed by atoms with Gasteiger partial charge in [-0.3, -0.25) is 4.79 Å². The van der Waals surface area contributed by atoms with Crippen molar-refractivity contribution in [2.24, 2.45) is 0 Å². The van der Waals surface area contributed by atoms with Crippen molar-refractivity contribution in [1.29, 1.82) is 0 Å². The molecule has 1 aliphatic rings. The lowest BCUT2D eigenvalue weighted by atomic mass is 9.92. The molecular weight excluding hydrogens is 186 g/mol. The van der Waals surface area contributed by atoms with Gasteiger partial charge in [0.05, 0.1) is 0 Å². The van der Waals surface area contributed by atoms with E-state index in [-0.39, 0.29) is 11.3 Å². The maximum atomic E-state index is 11.3. The average molecular weight is 201 g/mol. The molecule has 78 valence electrons. The van der Waals surface area contributed by atoms with Crippen LogP contribution in [0.25, 0.3) is 0 Å². The summed E-state index contributed by atoms with van der Waals surface area (Å²) < 4.78 is 0. The van der Waals surface area contributed by atoms with E-state index in [1.807, 2.05) is 24.4 Å². The number of benzene rings is 1. The Balaban J connectivity index is 2.37. The van der Waals surface area contributed by atoms with Gasteiger partial charge in [-0.05, 0) is 32.1 Å². The van der Waals surface area contributed by atoms with Crippen LogP contribution in [0.2, 0.25) is 0 Å². The van der Waals surface area contributed by atoms with Gasteiger partial charge in [-0.15, -0.1) is 0 Å². The van der Waals surface area contributed by atoms with Crippen molar-refractivity contribution in [1.82, 2.24) is 0 Å². The van der Waals surface area contributed by atoms with Gasteiger partial charge in [-0.2, -0.15) is 0 Å². The minimum Gasteiger partial charge on any atom is -0.342 e. The molecule has 15 heavy (non-hydrogen) atoms. The third kappa shape index (κ3) is 1.94. The first kappa shape index (κ1) is 9.97. The number of para-hydroxylation sites is 1. The first-order valence-electron chi connectivity index (χ1n) is 5.15. The van der Waals surface area contributed by atoms with Gasteiger partial charge < -0.3 is 4.90 Å². The minimum atomic E-state index is -0.132. The smallest absolute Gasteiger partial charge is 0.159 e. The standard InChI is InChI=1S/C13H15NO/c1-13(2)10-12(15)8-9-14(13)11-6-4-3-5-7-11/h3-9H,10H2,1-2H3. The number of hydrogen-bond donors (Lipinski definition) is 0. The quantitative estimate of drug-likeness (QED) is 0.696. The highest BCUT2D eigenvalue weighted by molar-refractivity contribution is 5.93. The lowest BCUT2D eigenvalue weighted by molar-refractivity contribution is -0.115. The molecule has 0 radical (unpaired) electrons. The Morgan fingerprint density at radius 3 is 2.47 bits per heavy atom. The van der Waals surface area contributed by atoms with Crippen LogP contribution in [-0.2, 0) is 4.79 Å². The molecular formula is C13H15NO. The summed E-state index contributed by atoms with van der Waals surface area (Å²) in [5.74, 6) is 0.201. The topological polar surface area (TPSA) is 20.3 Å². The van der Waals surface area contributed by atoms with Gasteiger partial charge in [0.1, 0.15) is 0 Å². The van der Waals surface area contributed by atoms with Gasteiger partial charge in [-0.1, -0.05) is 18.2 Å². The Labute approximate surface area is 90.2 Å². The SMILES string of the molecule is CC1(C)CC(=O)C=CN1c1ccccc1. The van der Waals surface area contributed by atoms with Crippen LogP contribution in [0.3, 0.4) is 0 Å². The fourth-order valence-electron chi connectivity index (χ4n) is 1.95. The van der Waals surface area contributed by atoms with Crippen LogP contribution in [0.5, 0.6) is 0 Å². The van der Waals surface area contributed by atoms with Crippen LogP contribution in [0, 0.1) is 0 Å². The van der Waals surface area contributed by atoms with E-state index in [1.165, 1.54) is 0 Å². The molecule has 2 nitrogen and oxygen atoms in total. The van der Waals surface area contributed by atoms with Crippen molar-refractivity contribution in [3.63, 3.8) is 0 Å². The number of carbonyl (C=O) groups excluding carboxylic acids is 1. The maximum Gasteiger partial charge on any atom is 0.159 e. The maximum absolute atomic E-state index is 11.3. The van der Waals surface area contributed by atoms with Crippen molar-refractivity contribution in [2.75, 3.05) is 4.90 Å². The second kappa shape index (κ2) is 3.54. The summed E-state index contributed by atoms with van der Waals surface area (Å²) in [6.07, 6.45) is 4.10. The number of rotatable bonds is 1. The third-order valence-corrected chi connectivity index (χ3v) is 2.70. The van der Waals surface area contributed by atoms with Crippen LogP contribution in [-0.4, -0.2) is 11.3 Å². The number of anilines is 1. The molecule has 0 aliphatic carbocycles. The zero-order chi connectivity index (χ0) is 10.9. The second-order valence-electron chi connectivity index (χ2n) is 4.48. The van der Waals surface area contributed by atoms with E-state index >= 15 is 0 Å². The van der Waals surface area contributed by atoms with Crippen LogP contribution in [0.1, 0.15) is 20.3 Å². The van der Waals surface area contributed by atoms with Gasteiger partial charge in [0, 0.05) is 23.8 Å². The van der Waals surface area contributed by atoms with E-state index in [0.717, 1.165) is 5.69 Å². The molecule has 0 N–H and O–H groups in total. The van der Waals surface area contributed by atoms with E-state index < -0.39 is 0 Å². The Kier molecular flexibility index (Phi) is 2.35. The number of nitrogens with zero attached hydrogens (tertiary/aromatic N) is 1. The normalized spacial score (nSPS) is 19.3. The first-order chi connectivity index (χ1) is 7.09. The van der Waals surface area contributed by atoms with Crippen molar-refractivity contribution in [2.45, 2.75) is 25.8 Å². The molecule has 1 aromatic carbocycles. The van der Waals surface area contributed by atoms with Crippen molar-refractivity contribution in [3.05, 3.63) is 42.6 Å². The van der Waals surface area contributed by atoms with Gasteiger partial charge in [0.15, 0.2) is 5.78 Å². The zero-order valence-electron chi connectivity index (χ0n) is 9.10. The Morgan fingerprint density at radius 1 is 1.20 bits per heavy atom. The first-order valence-corrected chi connectivity index (χ1v) is 5.15. The summed E-state index contributed by atoms with van der Waals surface area (Å²) in [5, 5.41) is 0. The lowest BCUT2D eigenvalue weighted by Crippen LogP contribution is -2.44. The monoisotopic (exact) mass is 201 g/mol. The molecule has 1 aromatic rings. The van der Waals surface area contributed by atoms with Crippen LogP contribution >= 0.6 is 0 Å². The number of allylic oxidation sites excluding steroid dienone is 1. The molecule has 1 aliphatic heterocycles. The number of carbonyl (C=O) groups is 1. The average Bonchev–Trinajstić information content (AvgIpc) is 2.17. The molecule has 0 saturated carbocycles. The second-order valence-corrected chi connectivity index (χ2v) is 4.48. The summed E-state index contributed by atoms with van der Waals surface area (Å²) in [6.45, 7) is 4.17. The van der Waals surface area contributed by atoms with E-state index in [4.69, 9.17) is 0 Å². The van der Waals surface area contributed by atoms with E-state index in [0.29, 0.717) is 6.42 Å². The molecule has 1 heterocycles. The van der Waals surface area contributed by atoms with Crippen molar-refractivity contribution >= 4 is 11.5 Å². The molecule has 0 amide bonds. The number of ketones is 1. The van der Waals surface area contributed by atoms with Crippen molar-refractivity contribution < 1.29 is 4.79 Å². The summed E-state index contributed by atoms with van der Waals surface area (Å²) in [6, 6.07) is 10.1. The van der Waals surface area contributed by atoms with Gasteiger partial charge in [-0.25, -0.2) is 0 Å². The van der Waals surface area contributed by atoms with Gasteiger partial charge in [0.2, 0.25) is 0 Å². The largest absolute Gasteiger partial charge is 0.342 e. The molecule has 0 saturated heterocycles. The Morgan fingerprint density at radius 2 is 1.87 bits per heavy atom. The number of hydrogen-bond acceptors (Lipinski definition) is 2. The van der Waals surface area contributed by atoms with E-state index in [1.54, 1.807) is 6.08 Å². The molecule has 0 atom stereocenters. The Bertz CT molecular complexity index is 392. The molecule has 0 fully saturated rings. The summed E-state index contributed by atoms with van der Waals surface area (Å²) in [4.78, 5) is 13.5. The molecule has 0 unspecified atom stereocenters. The highest BCUT2D eigenvalue weighted by Gasteiger charge is 2.30. The third-order valence-electron chi connectivity index (χ3n) is 2.70. The summed E-state index contributed by atoms with van der Waals surface area (Å²) in [5.41, 5.74) is 0.999. The van der Waals surface area contributed by atoms with E-state index in [9.17, 15) is 4.79 Å². The minimum absolute atomic E-state index is 0.132. The highest BCUT2D eigenvalue weighted by atomic mass is 16.1. The molecule has 2 rings (SSSR count). The van der Waals surface area contributed by atoms with Crippen LogP contribution in [0.4, 0.5) is 5.69 Å². The molecule has 0 aromatic heterocycles. The predicted octanol–water partition coefficient (Wildman–Crippen LogP) is 2.76. The highest BCUT2D eigenvalue weighted by Crippen LogP contribution is 2.29. The molecule has 0 spiro atoms. The fourth-order valence-corrected chi connectivity index (χ4v) is 1.95. The van der Waals surface area contributed by atoms with Crippen LogP contribution in [0.15, 0.2) is 42.6 Å². The molecule has 2 heteroatoms. The zero-order valence-corrected chi connectivity index (χ0v) is 9.10.